The Morgan fingerprint density at radius 3 is 2.50 bits per heavy atom. The highest BCUT2D eigenvalue weighted by Gasteiger charge is 2.29. The fraction of sp³-hybridized carbons (Fsp3) is 0.500. The Labute approximate surface area is 118 Å². The Balaban J connectivity index is 3.03. The molecule has 1 aromatic heterocycles. The molecule has 0 fully saturated rings. The van der Waals surface area contributed by atoms with Crippen molar-refractivity contribution in [2.45, 2.75) is 31.0 Å². The van der Waals surface area contributed by atoms with Gasteiger partial charge >= 0.3 is 6.18 Å². The minimum atomic E-state index is -4.54. The monoisotopic (exact) mass is 332 g/mol. The van der Waals surface area contributed by atoms with Crippen LogP contribution in [0, 0.1) is 0 Å². The molecular weight excluding hydrogens is 321 g/mol. The Morgan fingerprint density at radius 2 is 2.05 bits per heavy atom. The predicted molar refractivity (Wildman–Crippen MR) is 66.2 cm³/mol. The van der Waals surface area contributed by atoms with E-state index >= 15 is 0 Å². The lowest BCUT2D eigenvalue weighted by Crippen LogP contribution is -2.34. The van der Waals surface area contributed by atoms with E-state index in [-0.39, 0.29) is 17.1 Å². The third-order valence-corrected chi connectivity index (χ3v) is 3.62. The number of rotatable bonds is 5. The maximum atomic E-state index is 12.0. The minimum absolute atomic E-state index is 0.185. The molecule has 0 aromatic carbocycles. The van der Waals surface area contributed by atoms with Gasteiger partial charge in [-0.1, -0.05) is 6.92 Å². The van der Waals surface area contributed by atoms with Gasteiger partial charge in [-0.2, -0.15) is 13.2 Å². The second-order valence-corrected chi connectivity index (χ2v) is 6.56. The summed E-state index contributed by atoms with van der Waals surface area (Å²) in [5, 5.41) is 1.68. The fourth-order valence-electron chi connectivity index (χ4n) is 1.50. The van der Waals surface area contributed by atoms with Crippen molar-refractivity contribution in [3.8, 4) is 0 Å². The van der Waals surface area contributed by atoms with E-state index in [1.807, 2.05) is 0 Å². The lowest BCUT2D eigenvalue weighted by atomic mass is 10.3. The first kappa shape index (κ1) is 16.8. The number of carbonyl (C=O) groups is 1. The van der Waals surface area contributed by atoms with Gasteiger partial charge < -0.3 is 9.88 Å². The zero-order valence-electron chi connectivity index (χ0n) is 10.4. The molecular formula is C10H12ClF3N2O3S. The molecule has 10 heteroatoms. The second kappa shape index (κ2) is 6.04. The SMILES string of the molecule is CCCn1cc(S(=O)(=O)Cl)cc1C(=O)NCC(F)(F)F. The third kappa shape index (κ3) is 4.71. The van der Waals surface area contributed by atoms with Crippen LogP contribution < -0.4 is 5.32 Å². The first-order chi connectivity index (χ1) is 9.04. The molecule has 0 saturated heterocycles. The molecule has 0 spiro atoms. The van der Waals surface area contributed by atoms with Crippen LogP contribution in [-0.2, 0) is 15.6 Å². The van der Waals surface area contributed by atoms with Crippen LogP contribution in [0.15, 0.2) is 17.2 Å². The second-order valence-electron chi connectivity index (χ2n) is 3.99. The summed E-state index contributed by atoms with van der Waals surface area (Å²) in [5.74, 6) is -1.01. The van der Waals surface area contributed by atoms with Crippen LogP contribution in [0.1, 0.15) is 23.8 Å². The summed E-state index contributed by atoms with van der Waals surface area (Å²) >= 11 is 0. The first-order valence-corrected chi connectivity index (χ1v) is 7.85. The molecule has 1 heterocycles. The molecule has 0 aliphatic heterocycles. The molecule has 0 radical (unpaired) electrons. The number of aromatic nitrogens is 1. The van der Waals surface area contributed by atoms with Crippen LogP contribution in [0.3, 0.4) is 0 Å². The molecule has 114 valence electrons. The third-order valence-electron chi connectivity index (χ3n) is 2.30. The molecule has 0 aliphatic rings. The van der Waals surface area contributed by atoms with Gasteiger partial charge in [0.25, 0.3) is 15.0 Å². The van der Waals surface area contributed by atoms with Crippen molar-refractivity contribution in [1.82, 2.24) is 9.88 Å². The van der Waals surface area contributed by atoms with Crippen LogP contribution in [0.5, 0.6) is 0 Å². The average molecular weight is 333 g/mol. The van der Waals surface area contributed by atoms with E-state index in [0.717, 1.165) is 12.3 Å². The molecule has 0 unspecified atom stereocenters. The van der Waals surface area contributed by atoms with Crippen molar-refractivity contribution >= 4 is 25.6 Å². The van der Waals surface area contributed by atoms with Crippen molar-refractivity contribution in [3.05, 3.63) is 18.0 Å². The van der Waals surface area contributed by atoms with Gasteiger partial charge in [-0.15, -0.1) is 0 Å². The maximum absolute atomic E-state index is 12.0. The molecule has 0 saturated carbocycles. The number of carbonyl (C=O) groups excluding carboxylic acids is 1. The molecule has 0 aliphatic carbocycles. The summed E-state index contributed by atoms with van der Waals surface area (Å²) in [4.78, 5) is 11.3. The summed E-state index contributed by atoms with van der Waals surface area (Å²) < 4.78 is 59.7. The van der Waals surface area contributed by atoms with Gasteiger partial charge in [-0.05, 0) is 12.5 Å². The zero-order valence-corrected chi connectivity index (χ0v) is 11.9. The van der Waals surface area contributed by atoms with Gasteiger partial charge in [-0.25, -0.2) is 8.42 Å². The van der Waals surface area contributed by atoms with Gasteiger partial charge in [0.2, 0.25) is 0 Å². The molecule has 1 aromatic rings. The Morgan fingerprint density at radius 1 is 1.45 bits per heavy atom. The van der Waals surface area contributed by atoms with E-state index in [0.29, 0.717) is 6.42 Å². The fourth-order valence-corrected chi connectivity index (χ4v) is 2.26. The topological polar surface area (TPSA) is 68.2 Å². The van der Waals surface area contributed by atoms with Crippen LogP contribution >= 0.6 is 10.7 Å². The summed E-state index contributed by atoms with van der Waals surface area (Å²) in [6.45, 7) is 0.555. The number of alkyl halides is 3. The average Bonchev–Trinajstić information content (AvgIpc) is 2.69. The van der Waals surface area contributed by atoms with E-state index in [2.05, 4.69) is 0 Å². The molecule has 20 heavy (non-hydrogen) atoms. The quantitative estimate of drug-likeness (QED) is 0.840. The molecule has 1 N–H and O–H groups in total. The molecule has 1 amide bonds. The lowest BCUT2D eigenvalue weighted by Gasteiger charge is -2.10. The summed E-state index contributed by atoms with van der Waals surface area (Å²) in [7, 11) is 1.10. The number of nitrogens with one attached hydrogen (secondary N) is 1. The van der Waals surface area contributed by atoms with Crippen molar-refractivity contribution in [1.29, 1.82) is 0 Å². The standard InChI is InChI=1S/C10H12ClF3N2O3S/c1-2-3-16-5-7(20(11,18)19)4-8(16)9(17)15-6-10(12,13)14/h4-5H,2-3,6H2,1H3,(H,15,17). The van der Waals surface area contributed by atoms with E-state index in [1.54, 1.807) is 12.2 Å². The number of halogens is 4. The molecule has 5 nitrogen and oxygen atoms in total. The van der Waals surface area contributed by atoms with E-state index in [9.17, 15) is 26.4 Å². The smallest absolute Gasteiger partial charge is 0.342 e. The van der Waals surface area contributed by atoms with Gasteiger partial charge in [0.05, 0.1) is 0 Å². The van der Waals surface area contributed by atoms with Crippen molar-refractivity contribution < 1.29 is 26.4 Å². The van der Waals surface area contributed by atoms with Crippen molar-refractivity contribution in [3.63, 3.8) is 0 Å². The predicted octanol–water partition coefficient (Wildman–Crippen LogP) is 2.12. The molecule has 1 rings (SSSR count). The van der Waals surface area contributed by atoms with Crippen LogP contribution in [-0.4, -0.2) is 31.6 Å². The number of aryl methyl sites for hydroxylation is 1. The first-order valence-electron chi connectivity index (χ1n) is 5.54. The lowest BCUT2D eigenvalue weighted by molar-refractivity contribution is -0.123. The Hall–Kier alpha value is -1.22. The number of amides is 1. The highest BCUT2D eigenvalue weighted by atomic mass is 35.7. The highest BCUT2D eigenvalue weighted by Crippen LogP contribution is 2.19. The summed E-state index contributed by atoms with van der Waals surface area (Å²) in [6, 6.07) is 0.948. The number of nitrogens with zero attached hydrogens (tertiary/aromatic N) is 1. The van der Waals surface area contributed by atoms with Gasteiger partial charge in [0, 0.05) is 23.4 Å². The van der Waals surface area contributed by atoms with Crippen molar-refractivity contribution in [2.24, 2.45) is 0 Å². The molecule has 0 bridgehead atoms. The van der Waals surface area contributed by atoms with Gasteiger partial charge in [0.15, 0.2) is 0 Å². The van der Waals surface area contributed by atoms with E-state index in [4.69, 9.17) is 10.7 Å². The van der Waals surface area contributed by atoms with Crippen LogP contribution in [0.4, 0.5) is 13.2 Å². The minimum Gasteiger partial charge on any atom is -0.342 e. The summed E-state index contributed by atoms with van der Waals surface area (Å²) in [6.07, 6.45) is -2.86. The van der Waals surface area contributed by atoms with E-state index in [1.165, 1.54) is 4.57 Å². The van der Waals surface area contributed by atoms with Gasteiger partial charge in [-0.3, -0.25) is 4.79 Å². The highest BCUT2D eigenvalue weighted by molar-refractivity contribution is 8.13. The summed E-state index contributed by atoms with van der Waals surface area (Å²) in [5.41, 5.74) is -0.185. The Kier molecular flexibility index (Phi) is 5.09. The largest absolute Gasteiger partial charge is 0.405 e. The van der Waals surface area contributed by atoms with Crippen molar-refractivity contribution in [2.75, 3.05) is 6.54 Å². The van der Waals surface area contributed by atoms with Crippen LogP contribution in [0.25, 0.3) is 0 Å². The van der Waals surface area contributed by atoms with Crippen LogP contribution in [0.2, 0.25) is 0 Å². The number of hydrogen-bond donors (Lipinski definition) is 1. The maximum Gasteiger partial charge on any atom is 0.405 e. The normalized spacial score (nSPS) is 12.4. The van der Waals surface area contributed by atoms with Gasteiger partial charge in [0.1, 0.15) is 17.1 Å². The zero-order chi connectivity index (χ0) is 15.6. The molecule has 0 atom stereocenters. The number of hydrogen-bond acceptors (Lipinski definition) is 3. The Bertz CT molecular complexity index is 595. The van der Waals surface area contributed by atoms with E-state index < -0.39 is 27.7 Å².